The second-order valence-corrected chi connectivity index (χ2v) is 4.29. The minimum Gasteiger partial charge on any atom is -0.492 e. The predicted octanol–water partition coefficient (Wildman–Crippen LogP) is 2.68. The molecule has 0 unspecified atom stereocenters. The van der Waals surface area contributed by atoms with Crippen LogP contribution in [0.25, 0.3) is 0 Å². The average Bonchev–Trinajstić information content (AvgIpc) is 2.35. The first-order valence-electron chi connectivity index (χ1n) is 5.82. The molecule has 0 saturated carbocycles. The minimum atomic E-state index is -0.334. The summed E-state index contributed by atoms with van der Waals surface area (Å²) in [6.45, 7) is 0.810. The van der Waals surface area contributed by atoms with Crippen LogP contribution in [0.1, 0.15) is 12.8 Å². The van der Waals surface area contributed by atoms with Gasteiger partial charge in [-0.1, -0.05) is 6.07 Å². The van der Waals surface area contributed by atoms with Gasteiger partial charge < -0.3 is 9.64 Å². The molecule has 0 aliphatic carbocycles. The Morgan fingerprint density at radius 2 is 2.28 bits per heavy atom. The van der Waals surface area contributed by atoms with Gasteiger partial charge in [0.15, 0.2) is 0 Å². The molecule has 0 saturated heterocycles. The standard InChI is InChI=1S/C13H17ClFNO2/c1-16(13(17)6-3-7-14)8-9-18-12-5-2-4-11(15)10-12/h2,4-5,10H,3,6-9H2,1H3. The first-order chi connectivity index (χ1) is 8.63. The maximum absolute atomic E-state index is 12.9. The number of hydrogen-bond donors (Lipinski definition) is 0. The Kier molecular flexibility index (Phi) is 6.50. The van der Waals surface area contributed by atoms with E-state index in [4.69, 9.17) is 16.3 Å². The highest BCUT2D eigenvalue weighted by molar-refractivity contribution is 6.17. The molecule has 0 bridgehead atoms. The number of carbonyl (C=O) groups is 1. The van der Waals surface area contributed by atoms with Crippen molar-refractivity contribution < 1.29 is 13.9 Å². The predicted molar refractivity (Wildman–Crippen MR) is 69.5 cm³/mol. The highest BCUT2D eigenvalue weighted by Gasteiger charge is 2.07. The Bertz CT molecular complexity index is 387. The van der Waals surface area contributed by atoms with Crippen LogP contribution < -0.4 is 4.74 Å². The Hall–Kier alpha value is -1.29. The Labute approximate surface area is 111 Å². The van der Waals surface area contributed by atoms with Crippen LogP contribution in [0.2, 0.25) is 0 Å². The number of amides is 1. The van der Waals surface area contributed by atoms with Crippen molar-refractivity contribution in [2.45, 2.75) is 12.8 Å². The number of nitrogens with zero attached hydrogens (tertiary/aromatic N) is 1. The summed E-state index contributed by atoms with van der Waals surface area (Å²) in [6.07, 6.45) is 1.12. The maximum Gasteiger partial charge on any atom is 0.222 e. The van der Waals surface area contributed by atoms with E-state index in [1.54, 1.807) is 24.1 Å². The Morgan fingerprint density at radius 1 is 1.50 bits per heavy atom. The number of halogens is 2. The molecule has 1 aromatic rings. The summed E-state index contributed by atoms with van der Waals surface area (Å²) in [5.74, 6) is 0.661. The van der Waals surface area contributed by atoms with Gasteiger partial charge in [-0.3, -0.25) is 4.79 Å². The Morgan fingerprint density at radius 3 is 2.94 bits per heavy atom. The lowest BCUT2D eigenvalue weighted by molar-refractivity contribution is -0.130. The van der Waals surface area contributed by atoms with Gasteiger partial charge in [0.05, 0.1) is 6.54 Å². The van der Waals surface area contributed by atoms with Crippen LogP contribution in [0.4, 0.5) is 4.39 Å². The van der Waals surface area contributed by atoms with Crippen LogP contribution in [-0.2, 0) is 4.79 Å². The molecule has 0 aliphatic rings. The molecular weight excluding hydrogens is 257 g/mol. The fourth-order valence-electron chi connectivity index (χ4n) is 1.39. The van der Waals surface area contributed by atoms with E-state index in [9.17, 15) is 9.18 Å². The van der Waals surface area contributed by atoms with E-state index in [1.165, 1.54) is 12.1 Å². The van der Waals surface area contributed by atoms with Gasteiger partial charge in [-0.25, -0.2) is 4.39 Å². The summed E-state index contributed by atoms with van der Waals surface area (Å²) in [6, 6.07) is 5.93. The van der Waals surface area contributed by atoms with Gasteiger partial charge in [-0.15, -0.1) is 11.6 Å². The number of ether oxygens (including phenoxy) is 1. The van der Waals surface area contributed by atoms with Gasteiger partial charge in [-0.05, 0) is 18.6 Å². The molecule has 5 heteroatoms. The van der Waals surface area contributed by atoms with Gasteiger partial charge in [-0.2, -0.15) is 0 Å². The SMILES string of the molecule is CN(CCOc1cccc(F)c1)C(=O)CCCCl. The maximum atomic E-state index is 12.9. The average molecular weight is 274 g/mol. The summed E-state index contributed by atoms with van der Waals surface area (Å²) < 4.78 is 18.2. The minimum absolute atomic E-state index is 0.0403. The smallest absolute Gasteiger partial charge is 0.222 e. The van der Waals surface area contributed by atoms with Crippen molar-refractivity contribution in [2.24, 2.45) is 0 Å². The molecule has 1 rings (SSSR count). The summed E-state index contributed by atoms with van der Waals surface area (Å²) in [4.78, 5) is 13.1. The van der Waals surface area contributed by atoms with Crippen LogP contribution in [0.15, 0.2) is 24.3 Å². The molecule has 0 N–H and O–H groups in total. The molecule has 1 amide bonds. The molecule has 18 heavy (non-hydrogen) atoms. The lowest BCUT2D eigenvalue weighted by Crippen LogP contribution is -2.30. The summed E-state index contributed by atoms with van der Waals surface area (Å²) in [5, 5.41) is 0. The molecule has 0 spiro atoms. The fraction of sp³-hybridized carbons (Fsp3) is 0.462. The van der Waals surface area contributed by atoms with Crippen LogP contribution in [-0.4, -0.2) is 36.9 Å². The second kappa shape index (κ2) is 7.93. The van der Waals surface area contributed by atoms with Crippen molar-refractivity contribution in [1.82, 2.24) is 4.90 Å². The zero-order chi connectivity index (χ0) is 13.4. The zero-order valence-electron chi connectivity index (χ0n) is 10.4. The summed E-state index contributed by atoms with van der Waals surface area (Å²) in [5.41, 5.74) is 0. The van der Waals surface area contributed by atoms with Crippen LogP contribution in [0.3, 0.4) is 0 Å². The molecule has 3 nitrogen and oxygen atoms in total. The van der Waals surface area contributed by atoms with Gasteiger partial charge in [0, 0.05) is 25.4 Å². The largest absolute Gasteiger partial charge is 0.492 e. The van der Waals surface area contributed by atoms with E-state index < -0.39 is 0 Å². The van der Waals surface area contributed by atoms with Crippen LogP contribution in [0, 0.1) is 5.82 Å². The first kappa shape index (κ1) is 14.8. The molecule has 0 radical (unpaired) electrons. The van der Waals surface area contributed by atoms with Gasteiger partial charge in [0.2, 0.25) is 5.91 Å². The summed E-state index contributed by atoms with van der Waals surface area (Å²) in [7, 11) is 1.71. The van der Waals surface area contributed by atoms with Gasteiger partial charge in [0.1, 0.15) is 18.2 Å². The third-order valence-electron chi connectivity index (χ3n) is 2.44. The van der Waals surface area contributed by atoms with Crippen molar-refractivity contribution in [3.8, 4) is 5.75 Å². The fourth-order valence-corrected chi connectivity index (χ4v) is 1.52. The number of likely N-dealkylation sites (N-methyl/N-ethyl adjacent to an activating group) is 1. The number of rotatable bonds is 7. The van der Waals surface area contributed by atoms with Gasteiger partial charge in [0.25, 0.3) is 0 Å². The number of hydrogen-bond acceptors (Lipinski definition) is 2. The molecule has 0 fully saturated rings. The molecule has 0 heterocycles. The molecule has 1 aromatic carbocycles. The van der Waals surface area contributed by atoms with Crippen molar-refractivity contribution in [2.75, 3.05) is 26.1 Å². The topological polar surface area (TPSA) is 29.5 Å². The van der Waals surface area contributed by atoms with Crippen LogP contribution >= 0.6 is 11.6 Å². The molecule has 0 aromatic heterocycles. The lowest BCUT2D eigenvalue weighted by atomic mass is 10.3. The van der Waals surface area contributed by atoms with Crippen molar-refractivity contribution in [1.29, 1.82) is 0 Å². The zero-order valence-corrected chi connectivity index (χ0v) is 11.1. The Balaban J connectivity index is 2.26. The third-order valence-corrected chi connectivity index (χ3v) is 2.71. The molecular formula is C13H17ClFNO2. The number of carbonyl (C=O) groups excluding carboxylic acids is 1. The highest BCUT2D eigenvalue weighted by atomic mass is 35.5. The van der Waals surface area contributed by atoms with E-state index in [0.29, 0.717) is 37.6 Å². The quantitative estimate of drug-likeness (QED) is 0.715. The number of alkyl halides is 1. The van der Waals surface area contributed by atoms with E-state index in [-0.39, 0.29) is 11.7 Å². The molecule has 0 atom stereocenters. The second-order valence-electron chi connectivity index (χ2n) is 3.91. The van der Waals surface area contributed by atoms with Crippen molar-refractivity contribution >= 4 is 17.5 Å². The monoisotopic (exact) mass is 273 g/mol. The summed E-state index contributed by atoms with van der Waals surface area (Å²) >= 11 is 5.52. The van der Waals surface area contributed by atoms with Gasteiger partial charge >= 0.3 is 0 Å². The first-order valence-corrected chi connectivity index (χ1v) is 6.35. The van der Waals surface area contributed by atoms with E-state index in [0.717, 1.165) is 0 Å². The number of benzene rings is 1. The van der Waals surface area contributed by atoms with Crippen molar-refractivity contribution in [3.63, 3.8) is 0 Å². The molecule has 0 aliphatic heterocycles. The van der Waals surface area contributed by atoms with Crippen LogP contribution in [0.5, 0.6) is 5.75 Å². The lowest BCUT2D eigenvalue weighted by Gasteiger charge is -2.17. The van der Waals surface area contributed by atoms with E-state index in [2.05, 4.69) is 0 Å². The highest BCUT2D eigenvalue weighted by Crippen LogP contribution is 2.11. The van der Waals surface area contributed by atoms with Crippen molar-refractivity contribution in [3.05, 3.63) is 30.1 Å². The van der Waals surface area contributed by atoms with E-state index in [1.807, 2.05) is 0 Å². The van der Waals surface area contributed by atoms with E-state index >= 15 is 0 Å². The normalized spacial score (nSPS) is 10.2. The third kappa shape index (κ3) is 5.36. The molecule has 100 valence electrons.